The van der Waals surface area contributed by atoms with Gasteiger partial charge in [0.05, 0.1) is 0 Å². The number of nitrogens with one attached hydrogen (secondary N) is 1. The lowest BCUT2D eigenvalue weighted by Gasteiger charge is -2.35. The van der Waals surface area contributed by atoms with E-state index in [0.717, 1.165) is 67.1 Å². The van der Waals surface area contributed by atoms with Crippen LogP contribution in [-0.4, -0.2) is 53.0 Å². The molecular formula is C28H35N5OS. The number of benzene rings is 2. The van der Waals surface area contributed by atoms with Crippen LogP contribution in [0.15, 0.2) is 65.8 Å². The highest BCUT2D eigenvalue weighted by Gasteiger charge is 2.19. The number of aromatic nitrogens is 2. The van der Waals surface area contributed by atoms with Crippen LogP contribution < -0.4 is 10.2 Å². The van der Waals surface area contributed by atoms with Crippen LogP contribution in [0.2, 0.25) is 0 Å². The molecule has 1 N–H and O–H groups in total. The van der Waals surface area contributed by atoms with Crippen LogP contribution in [0.4, 0.5) is 5.82 Å². The van der Waals surface area contributed by atoms with Crippen molar-refractivity contribution in [2.24, 2.45) is 0 Å². The quantitative estimate of drug-likeness (QED) is 0.344. The van der Waals surface area contributed by atoms with Gasteiger partial charge in [0.2, 0.25) is 0 Å². The Morgan fingerprint density at radius 2 is 1.71 bits per heavy atom. The zero-order chi connectivity index (χ0) is 24.6. The number of anilines is 1. The molecule has 1 fully saturated rings. The van der Waals surface area contributed by atoms with Gasteiger partial charge >= 0.3 is 0 Å². The predicted molar refractivity (Wildman–Crippen MR) is 144 cm³/mol. The molecule has 2 heterocycles. The van der Waals surface area contributed by atoms with Crippen molar-refractivity contribution in [3.63, 3.8) is 0 Å². The molecule has 35 heavy (non-hydrogen) atoms. The first kappa shape index (κ1) is 25.2. The number of carbonyl (C=O) groups excluding carboxylic acids is 1. The summed E-state index contributed by atoms with van der Waals surface area (Å²) in [7, 11) is 0. The Morgan fingerprint density at radius 3 is 2.43 bits per heavy atom. The number of rotatable bonds is 9. The summed E-state index contributed by atoms with van der Waals surface area (Å²) in [5.74, 6) is 1.70. The Kier molecular flexibility index (Phi) is 8.77. The van der Waals surface area contributed by atoms with Gasteiger partial charge in [-0.2, -0.15) is 0 Å². The number of piperazine rings is 1. The molecule has 0 saturated carbocycles. The minimum atomic E-state index is -0.0372. The van der Waals surface area contributed by atoms with Gasteiger partial charge in [0.15, 0.2) is 5.16 Å². The summed E-state index contributed by atoms with van der Waals surface area (Å²) in [6, 6.07) is 20.7. The fraction of sp³-hybridized carbons (Fsp3) is 0.393. The molecule has 0 aliphatic carbocycles. The van der Waals surface area contributed by atoms with Gasteiger partial charge in [0, 0.05) is 61.8 Å². The first-order valence-corrected chi connectivity index (χ1v) is 13.4. The van der Waals surface area contributed by atoms with E-state index in [-0.39, 0.29) is 11.9 Å². The standard InChI is InChI=1S/C28H35N5OS/c1-4-25-18-26(33-15-13-32(14-16-33)19-22-9-6-5-7-10-22)31-28(30-25)35-20-23-11-8-12-24(17-23)27(34)29-21(2)3/h5-12,17-18,21H,4,13-16,19-20H2,1-3H3,(H,29,34). The van der Waals surface area contributed by atoms with Gasteiger partial charge in [-0.05, 0) is 43.5 Å². The fourth-order valence-electron chi connectivity index (χ4n) is 4.14. The third-order valence-corrected chi connectivity index (χ3v) is 6.95. The minimum absolute atomic E-state index is 0.0372. The molecular weight excluding hydrogens is 454 g/mol. The van der Waals surface area contributed by atoms with Crippen LogP contribution in [0.3, 0.4) is 0 Å². The van der Waals surface area contributed by atoms with Crippen molar-refractivity contribution in [1.29, 1.82) is 0 Å². The predicted octanol–water partition coefficient (Wildman–Crippen LogP) is 4.79. The zero-order valence-corrected chi connectivity index (χ0v) is 21.7. The highest BCUT2D eigenvalue weighted by atomic mass is 32.2. The van der Waals surface area contributed by atoms with Crippen molar-refractivity contribution in [3.05, 3.63) is 83.0 Å². The second-order valence-electron chi connectivity index (χ2n) is 9.22. The molecule has 0 radical (unpaired) electrons. The van der Waals surface area contributed by atoms with E-state index in [1.807, 2.05) is 32.0 Å². The highest BCUT2D eigenvalue weighted by Crippen LogP contribution is 2.24. The maximum absolute atomic E-state index is 12.4. The topological polar surface area (TPSA) is 61.4 Å². The first-order chi connectivity index (χ1) is 17.0. The van der Waals surface area contributed by atoms with E-state index in [0.29, 0.717) is 5.56 Å². The molecule has 0 bridgehead atoms. The average Bonchev–Trinajstić information content (AvgIpc) is 2.88. The fourth-order valence-corrected chi connectivity index (χ4v) is 4.95. The number of hydrogen-bond acceptors (Lipinski definition) is 6. The highest BCUT2D eigenvalue weighted by molar-refractivity contribution is 7.98. The maximum atomic E-state index is 12.4. The maximum Gasteiger partial charge on any atom is 0.251 e. The van der Waals surface area contributed by atoms with E-state index in [2.05, 4.69) is 64.5 Å². The van der Waals surface area contributed by atoms with Gasteiger partial charge < -0.3 is 10.2 Å². The first-order valence-electron chi connectivity index (χ1n) is 12.4. The smallest absolute Gasteiger partial charge is 0.251 e. The van der Waals surface area contributed by atoms with Crippen molar-refractivity contribution in [2.45, 2.75) is 50.7 Å². The van der Waals surface area contributed by atoms with Crippen LogP contribution in [0.1, 0.15) is 48.0 Å². The molecule has 4 rings (SSSR count). The van der Waals surface area contributed by atoms with Crippen molar-refractivity contribution in [3.8, 4) is 0 Å². The van der Waals surface area contributed by atoms with Gasteiger partial charge in [-0.1, -0.05) is 61.2 Å². The molecule has 7 heteroatoms. The molecule has 1 aliphatic rings. The molecule has 2 aromatic carbocycles. The normalized spacial score (nSPS) is 14.3. The van der Waals surface area contributed by atoms with E-state index in [4.69, 9.17) is 9.97 Å². The van der Waals surface area contributed by atoms with Crippen LogP contribution in [-0.2, 0) is 18.7 Å². The van der Waals surface area contributed by atoms with Crippen LogP contribution in [0, 0.1) is 0 Å². The Bertz CT molecular complexity index is 1110. The second kappa shape index (κ2) is 12.2. The molecule has 1 amide bonds. The number of hydrogen-bond donors (Lipinski definition) is 1. The summed E-state index contributed by atoms with van der Waals surface area (Å²) < 4.78 is 0. The zero-order valence-electron chi connectivity index (χ0n) is 20.9. The summed E-state index contributed by atoms with van der Waals surface area (Å²) in [5.41, 5.74) is 4.21. The van der Waals surface area contributed by atoms with E-state index < -0.39 is 0 Å². The largest absolute Gasteiger partial charge is 0.354 e. The molecule has 6 nitrogen and oxygen atoms in total. The molecule has 0 atom stereocenters. The van der Waals surface area contributed by atoms with Crippen molar-refractivity contribution < 1.29 is 4.79 Å². The Balaban J connectivity index is 1.38. The van der Waals surface area contributed by atoms with Gasteiger partial charge in [-0.25, -0.2) is 9.97 Å². The summed E-state index contributed by atoms with van der Waals surface area (Å²) in [6.07, 6.45) is 0.877. The van der Waals surface area contributed by atoms with Gasteiger partial charge in [0.25, 0.3) is 5.91 Å². The number of carbonyl (C=O) groups is 1. The second-order valence-corrected chi connectivity index (χ2v) is 10.2. The minimum Gasteiger partial charge on any atom is -0.354 e. The number of amides is 1. The molecule has 1 saturated heterocycles. The van der Waals surface area contributed by atoms with E-state index in [1.165, 1.54) is 5.56 Å². The number of thioether (sulfide) groups is 1. The molecule has 3 aromatic rings. The van der Waals surface area contributed by atoms with Crippen molar-refractivity contribution in [1.82, 2.24) is 20.2 Å². The van der Waals surface area contributed by atoms with E-state index in [9.17, 15) is 4.79 Å². The Morgan fingerprint density at radius 1 is 0.971 bits per heavy atom. The molecule has 1 aliphatic heterocycles. The molecule has 0 unspecified atom stereocenters. The molecule has 184 valence electrons. The molecule has 0 spiro atoms. The lowest BCUT2D eigenvalue weighted by molar-refractivity contribution is 0.0943. The lowest BCUT2D eigenvalue weighted by atomic mass is 10.1. The summed E-state index contributed by atoms with van der Waals surface area (Å²) in [5, 5.41) is 3.75. The monoisotopic (exact) mass is 489 g/mol. The average molecular weight is 490 g/mol. The van der Waals surface area contributed by atoms with Crippen LogP contribution >= 0.6 is 11.8 Å². The van der Waals surface area contributed by atoms with Crippen molar-refractivity contribution in [2.75, 3.05) is 31.1 Å². The number of aryl methyl sites for hydroxylation is 1. The SMILES string of the molecule is CCc1cc(N2CCN(Cc3ccccc3)CC2)nc(SCc2cccc(C(=O)NC(C)C)c2)n1. The number of nitrogens with zero attached hydrogens (tertiary/aromatic N) is 4. The van der Waals surface area contributed by atoms with Crippen LogP contribution in [0.25, 0.3) is 0 Å². The Labute approximate surface area is 213 Å². The summed E-state index contributed by atoms with van der Waals surface area (Å²) in [6.45, 7) is 11.0. The molecule has 1 aromatic heterocycles. The third kappa shape index (κ3) is 7.29. The van der Waals surface area contributed by atoms with Crippen LogP contribution in [0.5, 0.6) is 0 Å². The summed E-state index contributed by atoms with van der Waals surface area (Å²) >= 11 is 1.63. The van der Waals surface area contributed by atoms with E-state index >= 15 is 0 Å². The lowest BCUT2D eigenvalue weighted by Crippen LogP contribution is -2.46. The Hall–Kier alpha value is -2.90. The van der Waals surface area contributed by atoms with Gasteiger partial charge in [-0.15, -0.1) is 0 Å². The van der Waals surface area contributed by atoms with Gasteiger partial charge in [-0.3, -0.25) is 9.69 Å². The van der Waals surface area contributed by atoms with E-state index in [1.54, 1.807) is 11.8 Å². The van der Waals surface area contributed by atoms with Crippen molar-refractivity contribution >= 4 is 23.5 Å². The summed E-state index contributed by atoms with van der Waals surface area (Å²) in [4.78, 5) is 26.9. The third-order valence-electron chi connectivity index (χ3n) is 6.03. The van der Waals surface area contributed by atoms with Gasteiger partial charge in [0.1, 0.15) is 5.82 Å².